The standard InChI is InChI=1S/C11H19NO3/c1-12-7-3-4-9(8-12)10(13)5-2-6-11(14)15/h9H,2-8H2,1H3,(H,14,15). The number of carbonyl (C=O) groups is 2. The second-order valence-corrected chi connectivity index (χ2v) is 4.32. The van der Waals surface area contributed by atoms with E-state index in [1.54, 1.807) is 0 Å². The van der Waals surface area contributed by atoms with Crippen LogP contribution in [0.2, 0.25) is 0 Å². The fourth-order valence-electron chi connectivity index (χ4n) is 2.05. The van der Waals surface area contributed by atoms with Crippen LogP contribution in [-0.2, 0) is 9.59 Å². The minimum Gasteiger partial charge on any atom is -0.481 e. The lowest BCUT2D eigenvalue weighted by atomic mass is 9.91. The predicted octanol–water partition coefficient (Wildman–Crippen LogP) is 1.15. The first-order chi connectivity index (χ1) is 7.09. The maximum absolute atomic E-state index is 11.7. The zero-order chi connectivity index (χ0) is 11.3. The van der Waals surface area contributed by atoms with Crippen LogP contribution in [0.5, 0.6) is 0 Å². The van der Waals surface area contributed by atoms with E-state index >= 15 is 0 Å². The lowest BCUT2D eigenvalue weighted by Gasteiger charge is -2.28. The molecule has 15 heavy (non-hydrogen) atoms. The molecule has 0 saturated carbocycles. The fourth-order valence-corrected chi connectivity index (χ4v) is 2.05. The number of aliphatic carboxylic acids is 1. The van der Waals surface area contributed by atoms with Crippen LogP contribution in [0.25, 0.3) is 0 Å². The molecular weight excluding hydrogens is 194 g/mol. The third-order valence-electron chi connectivity index (χ3n) is 2.89. The monoisotopic (exact) mass is 213 g/mol. The molecule has 1 unspecified atom stereocenters. The third kappa shape index (κ3) is 4.42. The van der Waals surface area contributed by atoms with Gasteiger partial charge in [-0.1, -0.05) is 0 Å². The van der Waals surface area contributed by atoms with Crippen LogP contribution in [0.4, 0.5) is 0 Å². The molecule has 0 aromatic carbocycles. The number of rotatable bonds is 5. The Bertz CT molecular complexity index is 240. The molecule has 1 atom stereocenters. The number of carbonyl (C=O) groups excluding carboxylic acids is 1. The molecule has 1 fully saturated rings. The SMILES string of the molecule is CN1CCCC(C(=O)CCCC(=O)O)C1. The van der Waals surface area contributed by atoms with E-state index in [2.05, 4.69) is 4.90 Å². The van der Waals surface area contributed by atoms with Crippen molar-refractivity contribution in [2.75, 3.05) is 20.1 Å². The zero-order valence-electron chi connectivity index (χ0n) is 9.24. The van der Waals surface area contributed by atoms with Crippen molar-refractivity contribution in [3.63, 3.8) is 0 Å². The van der Waals surface area contributed by atoms with Crippen molar-refractivity contribution in [2.45, 2.75) is 32.1 Å². The number of ketones is 1. The smallest absolute Gasteiger partial charge is 0.303 e. The van der Waals surface area contributed by atoms with E-state index in [4.69, 9.17) is 5.11 Å². The minimum absolute atomic E-state index is 0.105. The molecule has 1 heterocycles. The Kier molecular flexibility index (Phi) is 4.75. The number of likely N-dealkylation sites (tertiary alicyclic amines) is 1. The molecule has 86 valence electrons. The van der Waals surface area contributed by atoms with Crippen LogP contribution < -0.4 is 0 Å². The first-order valence-corrected chi connectivity index (χ1v) is 5.52. The van der Waals surface area contributed by atoms with E-state index in [0.29, 0.717) is 12.8 Å². The molecule has 1 aliphatic heterocycles. The number of hydrogen-bond donors (Lipinski definition) is 1. The van der Waals surface area contributed by atoms with Crippen LogP contribution in [0.1, 0.15) is 32.1 Å². The van der Waals surface area contributed by atoms with Crippen LogP contribution in [0.15, 0.2) is 0 Å². The molecule has 0 aliphatic carbocycles. The molecule has 4 heteroatoms. The molecule has 1 rings (SSSR count). The Morgan fingerprint density at radius 2 is 2.13 bits per heavy atom. The number of carboxylic acids is 1. The van der Waals surface area contributed by atoms with Crippen LogP contribution in [-0.4, -0.2) is 41.9 Å². The second-order valence-electron chi connectivity index (χ2n) is 4.32. The van der Waals surface area contributed by atoms with Gasteiger partial charge >= 0.3 is 5.97 Å². The molecule has 0 radical (unpaired) electrons. The molecule has 1 N–H and O–H groups in total. The van der Waals surface area contributed by atoms with Gasteiger partial charge in [-0.3, -0.25) is 9.59 Å². The highest BCUT2D eigenvalue weighted by Gasteiger charge is 2.23. The van der Waals surface area contributed by atoms with E-state index < -0.39 is 5.97 Å². The van der Waals surface area contributed by atoms with Crippen molar-refractivity contribution >= 4 is 11.8 Å². The van der Waals surface area contributed by atoms with Crippen molar-refractivity contribution in [1.29, 1.82) is 0 Å². The van der Waals surface area contributed by atoms with Gasteiger partial charge in [0, 0.05) is 25.3 Å². The molecular formula is C11H19NO3. The highest BCUT2D eigenvalue weighted by Crippen LogP contribution is 2.18. The van der Waals surface area contributed by atoms with Crippen molar-refractivity contribution in [3.8, 4) is 0 Å². The average Bonchev–Trinajstić information content (AvgIpc) is 2.17. The number of piperidine rings is 1. The summed E-state index contributed by atoms with van der Waals surface area (Å²) in [5, 5.41) is 8.46. The first-order valence-electron chi connectivity index (χ1n) is 5.52. The number of nitrogens with zero attached hydrogens (tertiary/aromatic N) is 1. The van der Waals surface area contributed by atoms with Crippen molar-refractivity contribution in [3.05, 3.63) is 0 Å². The van der Waals surface area contributed by atoms with E-state index in [9.17, 15) is 9.59 Å². The highest BCUT2D eigenvalue weighted by atomic mass is 16.4. The third-order valence-corrected chi connectivity index (χ3v) is 2.89. The zero-order valence-corrected chi connectivity index (χ0v) is 9.24. The molecule has 0 spiro atoms. The Morgan fingerprint density at radius 1 is 1.40 bits per heavy atom. The molecule has 0 aromatic heterocycles. The van der Waals surface area contributed by atoms with Gasteiger partial charge in [-0.2, -0.15) is 0 Å². The Hall–Kier alpha value is -0.900. The van der Waals surface area contributed by atoms with Gasteiger partial charge < -0.3 is 10.0 Å². The van der Waals surface area contributed by atoms with E-state index in [-0.39, 0.29) is 18.1 Å². The summed E-state index contributed by atoms with van der Waals surface area (Å²) in [5.41, 5.74) is 0. The van der Waals surface area contributed by atoms with Gasteiger partial charge in [0.2, 0.25) is 0 Å². The summed E-state index contributed by atoms with van der Waals surface area (Å²) in [7, 11) is 2.02. The topological polar surface area (TPSA) is 57.6 Å². The molecule has 0 amide bonds. The van der Waals surface area contributed by atoms with Gasteiger partial charge in [0.05, 0.1) is 0 Å². The summed E-state index contributed by atoms with van der Waals surface area (Å²) in [5.74, 6) is -0.441. The van der Waals surface area contributed by atoms with Gasteiger partial charge in [0.1, 0.15) is 5.78 Å². The Morgan fingerprint density at radius 3 is 2.73 bits per heavy atom. The maximum atomic E-state index is 11.7. The molecule has 1 saturated heterocycles. The highest BCUT2D eigenvalue weighted by molar-refractivity contribution is 5.81. The lowest BCUT2D eigenvalue weighted by molar-refractivity contribution is -0.137. The van der Waals surface area contributed by atoms with Crippen LogP contribution >= 0.6 is 0 Å². The quantitative estimate of drug-likeness (QED) is 0.744. The Balaban J connectivity index is 2.24. The molecule has 0 aromatic rings. The maximum Gasteiger partial charge on any atom is 0.303 e. The number of hydrogen-bond acceptors (Lipinski definition) is 3. The molecule has 0 bridgehead atoms. The predicted molar refractivity (Wildman–Crippen MR) is 56.7 cm³/mol. The van der Waals surface area contributed by atoms with Gasteiger partial charge in [-0.25, -0.2) is 0 Å². The average molecular weight is 213 g/mol. The van der Waals surface area contributed by atoms with Gasteiger partial charge in [-0.05, 0) is 32.9 Å². The molecule has 4 nitrogen and oxygen atoms in total. The Labute approximate surface area is 90.3 Å². The van der Waals surface area contributed by atoms with Crippen LogP contribution in [0, 0.1) is 5.92 Å². The van der Waals surface area contributed by atoms with Crippen molar-refractivity contribution in [2.24, 2.45) is 5.92 Å². The lowest BCUT2D eigenvalue weighted by Crippen LogP contribution is -2.36. The molecule has 1 aliphatic rings. The summed E-state index contributed by atoms with van der Waals surface area (Å²) in [6.45, 7) is 1.91. The summed E-state index contributed by atoms with van der Waals surface area (Å²) in [4.78, 5) is 24.2. The minimum atomic E-state index is -0.816. The number of carboxylic acid groups (broad SMARTS) is 1. The van der Waals surface area contributed by atoms with Gasteiger partial charge in [-0.15, -0.1) is 0 Å². The fraction of sp³-hybridized carbons (Fsp3) is 0.818. The summed E-state index contributed by atoms with van der Waals surface area (Å²) in [6, 6.07) is 0. The van der Waals surface area contributed by atoms with E-state index in [0.717, 1.165) is 25.9 Å². The summed E-state index contributed by atoms with van der Waals surface area (Å²) >= 11 is 0. The second kappa shape index (κ2) is 5.85. The van der Waals surface area contributed by atoms with E-state index in [1.165, 1.54) is 0 Å². The largest absolute Gasteiger partial charge is 0.481 e. The summed E-state index contributed by atoms with van der Waals surface area (Å²) < 4.78 is 0. The first kappa shape index (κ1) is 12.2. The summed E-state index contributed by atoms with van der Waals surface area (Å²) in [6.07, 6.45) is 3.05. The normalized spacial score (nSPS) is 22.6. The van der Waals surface area contributed by atoms with Crippen LogP contribution in [0.3, 0.4) is 0 Å². The van der Waals surface area contributed by atoms with Gasteiger partial charge in [0.25, 0.3) is 0 Å². The van der Waals surface area contributed by atoms with Crippen molar-refractivity contribution in [1.82, 2.24) is 4.90 Å². The van der Waals surface area contributed by atoms with E-state index in [1.807, 2.05) is 7.05 Å². The number of Topliss-reactive ketones (excluding diaryl/α,β-unsaturated/α-hetero) is 1. The van der Waals surface area contributed by atoms with Gasteiger partial charge in [0.15, 0.2) is 0 Å². The van der Waals surface area contributed by atoms with Crippen molar-refractivity contribution < 1.29 is 14.7 Å².